The van der Waals surface area contributed by atoms with E-state index in [4.69, 9.17) is 0 Å². The SMILES string of the molecule is Cn1ccsc1=NC(=O)Cc1csc(-c2ccsc2)n1. The normalized spacial score (nSPS) is 11.9. The molecule has 102 valence electrons. The van der Waals surface area contributed by atoms with Crippen LogP contribution in [0.1, 0.15) is 5.69 Å². The van der Waals surface area contributed by atoms with E-state index in [1.54, 1.807) is 22.7 Å². The third-order valence-corrected chi connectivity index (χ3v) is 5.10. The molecule has 20 heavy (non-hydrogen) atoms. The van der Waals surface area contributed by atoms with Gasteiger partial charge in [0.15, 0.2) is 4.80 Å². The Hall–Kier alpha value is -1.57. The van der Waals surface area contributed by atoms with Gasteiger partial charge in [0, 0.05) is 34.9 Å². The first-order valence-electron chi connectivity index (χ1n) is 5.87. The number of thiazole rings is 2. The highest BCUT2D eigenvalue weighted by molar-refractivity contribution is 7.14. The summed E-state index contributed by atoms with van der Waals surface area (Å²) in [6.45, 7) is 0. The van der Waals surface area contributed by atoms with Crippen molar-refractivity contribution < 1.29 is 4.79 Å². The lowest BCUT2D eigenvalue weighted by atomic mass is 10.3. The molecule has 3 aromatic rings. The van der Waals surface area contributed by atoms with Crippen LogP contribution in [0, 0.1) is 0 Å². The molecule has 0 spiro atoms. The quantitative estimate of drug-likeness (QED) is 0.744. The minimum atomic E-state index is -0.162. The fourth-order valence-electron chi connectivity index (χ4n) is 1.64. The van der Waals surface area contributed by atoms with Crippen molar-refractivity contribution >= 4 is 39.9 Å². The van der Waals surface area contributed by atoms with Crippen LogP contribution in [0.3, 0.4) is 0 Å². The first-order valence-corrected chi connectivity index (χ1v) is 8.57. The smallest absolute Gasteiger partial charge is 0.254 e. The van der Waals surface area contributed by atoms with Gasteiger partial charge in [-0.2, -0.15) is 16.3 Å². The molecule has 0 unspecified atom stereocenters. The Labute approximate surface area is 127 Å². The van der Waals surface area contributed by atoms with Crippen LogP contribution in [-0.2, 0) is 18.3 Å². The van der Waals surface area contributed by atoms with Crippen LogP contribution in [0.15, 0.2) is 38.8 Å². The van der Waals surface area contributed by atoms with Crippen molar-refractivity contribution in [2.24, 2.45) is 12.0 Å². The molecule has 1 amide bonds. The Morgan fingerprint density at radius 2 is 2.25 bits per heavy atom. The minimum Gasteiger partial charge on any atom is -0.327 e. The number of nitrogens with zero attached hydrogens (tertiary/aromatic N) is 3. The summed E-state index contributed by atoms with van der Waals surface area (Å²) >= 11 is 4.65. The maximum absolute atomic E-state index is 11.9. The molecule has 0 aliphatic carbocycles. The van der Waals surface area contributed by atoms with Crippen molar-refractivity contribution in [2.45, 2.75) is 6.42 Å². The number of carbonyl (C=O) groups is 1. The number of rotatable bonds is 3. The summed E-state index contributed by atoms with van der Waals surface area (Å²) in [5.74, 6) is -0.162. The van der Waals surface area contributed by atoms with Gasteiger partial charge >= 0.3 is 0 Å². The molecule has 0 atom stereocenters. The number of carbonyl (C=O) groups excluding carboxylic acids is 1. The molecule has 3 heterocycles. The van der Waals surface area contributed by atoms with E-state index in [-0.39, 0.29) is 12.3 Å². The highest BCUT2D eigenvalue weighted by Crippen LogP contribution is 2.25. The fourth-order valence-corrected chi connectivity index (χ4v) is 3.92. The van der Waals surface area contributed by atoms with Crippen LogP contribution in [0.5, 0.6) is 0 Å². The Balaban J connectivity index is 1.76. The van der Waals surface area contributed by atoms with E-state index in [1.165, 1.54) is 11.3 Å². The second-order valence-electron chi connectivity index (χ2n) is 4.13. The first kappa shape index (κ1) is 13.4. The van der Waals surface area contributed by atoms with Crippen LogP contribution < -0.4 is 4.80 Å². The molecule has 3 aromatic heterocycles. The van der Waals surface area contributed by atoms with Gasteiger partial charge in [-0.15, -0.1) is 22.7 Å². The minimum absolute atomic E-state index is 0.162. The molecule has 0 fully saturated rings. The lowest BCUT2D eigenvalue weighted by molar-refractivity contribution is -0.117. The Morgan fingerprint density at radius 1 is 1.35 bits per heavy atom. The molecule has 3 rings (SSSR count). The van der Waals surface area contributed by atoms with Crippen molar-refractivity contribution in [1.82, 2.24) is 9.55 Å². The zero-order chi connectivity index (χ0) is 13.9. The zero-order valence-electron chi connectivity index (χ0n) is 10.6. The number of thiophene rings is 1. The summed E-state index contributed by atoms with van der Waals surface area (Å²) in [6.07, 6.45) is 2.13. The first-order chi connectivity index (χ1) is 9.72. The van der Waals surface area contributed by atoms with E-state index in [1.807, 2.05) is 40.0 Å². The van der Waals surface area contributed by atoms with Gasteiger partial charge in [-0.1, -0.05) is 0 Å². The largest absolute Gasteiger partial charge is 0.327 e. The van der Waals surface area contributed by atoms with Gasteiger partial charge < -0.3 is 4.57 Å². The van der Waals surface area contributed by atoms with E-state index in [0.717, 1.165) is 16.3 Å². The monoisotopic (exact) mass is 321 g/mol. The maximum Gasteiger partial charge on any atom is 0.254 e. The Bertz CT molecular complexity index is 780. The molecule has 0 radical (unpaired) electrons. The predicted molar refractivity (Wildman–Crippen MR) is 83.0 cm³/mol. The number of aromatic nitrogens is 2. The molecule has 0 aromatic carbocycles. The third-order valence-electron chi connectivity index (χ3n) is 2.63. The lowest BCUT2D eigenvalue weighted by Gasteiger charge is -1.92. The fraction of sp³-hybridized carbons (Fsp3) is 0.154. The number of aryl methyl sites for hydroxylation is 1. The second kappa shape index (κ2) is 5.82. The van der Waals surface area contributed by atoms with Crippen LogP contribution >= 0.6 is 34.0 Å². The molecular formula is C13H11N3OS3. The van der Waals surface area contributed by atoms with Gasteiger partial charge in [0.1, 0.15) is 5.01 Å². The predicted octanol–water partition coefficient (Wildman–Crippen LogP) is 2.94. The molecular weight excluding hydrogens is 310 g/mol. The van der Waals surface area contributed by atoms with E-state index in [0.29, 0.717) is 4.80 Å². The highest BCUT2D eigenvalue weighted by atomic mass is 32.1. The van der Waals surface area contributed by atoms with Gasteiger partial charge in [0.05, 0.1) is 12.1 Å². The van der Waals surface area contributed by atoms with Gasteiger partial charge in [-0.25, -0.2) is 4.98 Å². The van der Waals surface area contributed by atoms with Crippen molar-refractivity contribution in [2.75, 3.05) is 0 Å². The van der Waals surface area contributed by atoms with Crippen molar-refractivity contribution in [3.63, 3.8) is 0 Å². The number of hydrogen-bond donors (Lipinski definition) is 0. The molecule has 0 saturated heterocycles. The molecule has 0 N–H and O–H groups in total. The summed E-state index contributed by atoms with van der Waals surface area (Å²) in [5, 5.41) is 8.86. The number of hydrogen-bond acceptors (Lipinski definition) is 5. The Kier molecular flexibility index (Phi) is 3.90. The highest BCUT2D eigenvalue weighted by Gasteiger charge is 2.09. The standard InChI is InChI=1S/C13H11N3OS3/c1-16-3-5-19-13(16)15-11(17)6-10-8-20-12(14-10)9-2-4-18-7-9/h2-5,7-8H,6H2,1H3. The van der Waals surface area contributed by atoms with Gasteiger partial charge in [-0.3, -0.25) is 4.79 Å². The molecule has 0 bridgehead atoms. The molecule has 0 saturated carbocycles. The average Bonchev–Trinajstić information content (AvgIpc) is 3.12. The van der Waals surface area contributed by atoms with Crippen molar-refractivity contribution in [1.29, 1.82) is 0 Å². The van der Waals surface area contributed by atoms with E-state index in [2.05, 4.69) is 15.4 Å². The molecule has 7 heteroatoms. The lowest BCUT2D eigenvalue weighted by Crippen LogP contribution is -2.13. The summed E-state index contributed by atoms with van der Waals surface area (Å²) in [5.41, 5.74) is 1.89. The van der Waals surface area contributed by atoms with Gasteiger partial charge in [-0.05, 0) is 11.4 Å². The maximum atomic E-state index is 11.9. The van der Waals surface area contributed by atoms with Crippen LogP contribution in [0.2, 0.25) is 0 Å². The van der Waals surface area contributed by atoms with E-state index < -0.39 is 0 Å². The summed E-state index contributed by atoms with van der Waals surface area (Å²) in [7, 11) is 1.88. The van der Waals surface area contributed by atoms with Crippen LogP contribution in [0.25, 0.3) is 10.6 Å². The summed E-state index contributed by atoms with van der Waals surface area (Å²) < 4.78 is 1.83. The van der Waals surface area contributed by atoms with Crippen LogP contribution in [-0.4, -0.2) is 15.5 Å². The third kappa shape index (κ3) is 2.95. The van der Waals surface area contributed by atoms with Gasteiger partial charge in [0.2, 0.25) is 0 Å². The van der Waals surface area contributed by atoms with E-state index in [9.17, 15) is 4.79 Å². The number of amides is 1. The molecule has 4 nitrogen and oxygen atoms in total. The Morgan fingerprint density at radius 3 is 2.95 bits per heavy atom. The van der Waals surface area contributed by atoms with Crippen LogP contribution in [0.4, 0.5) is 0 Å². The summed E-state index contributed by atoms with van der Waals surface area (Å²) in [6, 6.07) is 2.03. The summed E-state index contributed by atoms with van der Waals surface area (Å²) in [4.78, 5) is 21.2. The second-order valence-corrected chi connectivity index (χ2v) is 6.65. The zero-order valence-corrected chi connectivity index (χ0v) is 13.1. The topological polar surface area (TPSA) is 47.2 Å². The average molecular weight is 321 g/mol. The molecule has 0 aliphatic rings. The van der Waals surface area contributed by atoms with Crippen molar-refractivity contribution in [3.8, 4) is 10.6 Å². The molecule has 0 aliphatic heterocycles. The van der Waals surface area contributed by atoms with Crippen molar-refractivity contribution in [3.05, 3.63) is 44.3 Å². The van der Waals surface area contributed by atoms with Gasteiger partial charge in [0.25, 0.3) is 5.91 Å². The van der Waals surface area contributed by atoms with E-state index >= 15 is 0 Å².